The molecule has 0 saturated heterocycles. The van der Waals surface area contributed by atoms with Crippen LogP contribution in [0.2, 0.25) is 0 Å². The monoisotopic (exact) mass is 352 g/mol. The van der Waals surface area contributed by atoms with Crippen molar-refractivity contribution in [2.45, 2.75) is 27.0 Å². The van der Waals surface area contributed by atoms with Gasteiger partial charge in [0.05, 0.1) is 6.61 Å². The van der Waals surface area contributed by atoms with E-state index in [-0.39, 0.29) is 12.4 Å². The van der Waals surface area contributed by atoms with Gasteiger partial charge in [0.2, 0.25) is 0 Å². The second-order valence-corrected chi connectivity index (χ2v) is 6.06. The molecule has 0 fully saturated rings. The Morgan fingerprint density at radius 2 is 2.00 bits per heavy atom. The fourth-order valence-electron chi connectivity index (χ4n) is 2.61. The summed E-state index contributed by atoms with van der Waals surface area (Å²) >= 11 is 0. The number of pyridine rings is 1. The molecule has 6 heteroatoms. The van der Waals surface area contributed by atoms with Gasteiger partial charge < -0.3 is 10.1 Å². The maximum absolute atomic E-state index is 13.8. The van der Waals surface area contributed by atoms with Crippen molar-refractivity contribution in [1.29, 1.82) is 0 Å². The van der Waals surface area contributed by atoms with Gasteiger partial charge in [-0.15, -0.1) is 0 Å². The van der Waals surface area contributed by atoms with E-state index in [1.165, 1.54) is 6.07 Å². The van der Waals surface area contributed by atoms with E-state index in [2.05, 4.69) is 20.3 Å². The Morgan fingerprint density at radius 3 is 2.73 bits per heavy atom. The molecule has 0 saturated carbocycles. The normalized spacial score (nSPS) is 10.8. The third kappa shape index (κ3) is 4.03. The summed E-state index contributed by atoms with van der Waals surface area (Å²) in [5.74, 6) is 1.13. The minimum atomic E-state index is -0.261. The summed E-state index contributed by atoms with van der Waals surface area (Å²) in [7, 11) is 1.55. The number of benzene rings is 1. The Balaban J connectivity index is 1.84. The lowest BCUT2D eigenvalue weighted by molar-refractivity contribution is 0.181. The van der Waals surface area contributed by atoms with E-state index in [1.54, 1.807) is 31.6 Å². The Hall–Kier alpha value is -2.86. The number of rotatable bonds is 6. The van der Waals surface area contributed by atoms with Crippen molar-refractivity contribution in [3.63, 3.8) is 0 Å². The SMILES string of the molecule is COCc1cc(CNc2nc(-c3cccnc3)nc(C)c2C)ccc1F. The molecule has 0 radical (unpaired) electrons. The van der Waals surface area contributed by atoms with Crippen LogP contribution in [0.15, 0.2) is 42.7 Å². The van der Waals surface area contributed by atoms with Crippen molar-refractivity contribution in [1.82, 2.24) is 15.0 Å². The summed E-state index contributed by atoms with van der Waals surface area (Å²) in [4.78, 5) is 13.3. The summed E-state index contributed by atoms with van der Waals surface area (Å²) in [5.41, 5.74) is 4.25. The lowest BCUT2D eigenvalue weighted by Gasteiger charge is -2.13. The van der Waals surface area contributed by atoms with Crippen molar-refractivity contribution in [2.75, 3.05) is 12.4 Å². The molecular weight excluding hydrogens is 331 g/mol. The third-order valence-electron chi connectivity index (χ3n) is 4.18. The van der Waals surface area contributed by atoms with Crippen LogP contribution >= 0.6 is 0 Å². The molecular formula is C20H21FN4O. The predicted octanol–water partition coefficient (Wildman–Crippen LogP) is 4.05. The van der Waals surface area contributed by atoms with Crippen molar-refractivity contribution >= 4 is 5.82 Å². The van der Waals surface area contributed by atoms with Crippen LogP contribution in [0.3, 0.4) is 0 Å². The van der Waals surface area contributed by atoms with Crippen LogP contribution < -0.4 is 5.32 Å². The Labute approximate surface area is 152 Å². The summed E-state index contributed by atoms with van der Waals surface area (Å²) in [6, 6.07) is 8.81. The van der Waals surface area contributed by atoms with Crippen LogP contribution in [0.5, 0.6) is 0 Å². The first kappa shape index (κ1) is 17.9. The second kappa shape index (κ2) is 8.01. The maximum Gasteiger partial charge on any atom is 0.163 e. The third-order valence-corrected chi connectivity index (χ3v) is 4.18. The van der Waals surface area contributed by atoms with Gasteiger partial charge in [0.25, 0.3) is 0 Å². The number of nitrogens with one attached hydrogen (secondary N) is 1. The second-order valence-electron chi connectivity index (χ2n) is 6.06. The van der Waals surface area contributed by atoms with Crippen LogP contribution in [0.4, 0.5) is 10.2 Å². The molecule has 0 unspecified atom stereocenters. The number of ether oxygens (including phenoxy) is 1. The molecule has 134 valence electrons. The Kier molecular flexibility index (Phi) is 5.53. The van der Waals surface area contributed by atoms with Crippen molar-refractivity contribution < 1.29 is 9.13 Å². The van der Waals surface area contributed by atoms with Crippen molar-refractivity contribution in [2.24, 2.45) is 0 Å². The molecule has 1 aromatic carbocycles. The maximum atomic E-state index is 13.8. The number of hydrogen-bond acceptors (Lipinski definition) is 5. The first-order valence-corrected chi connectivity index (χ1v) is 8.34. The molecule has 0 spiro atoms. The number of nitrogens with zero attached hydrogens (tertiary/aromatic N) is 3. The molecule has 3 rings (SSSR count). The number of anilines is 1. The number of aryl methyl sites for hydroxylation is 1. The lowest BCUT2D eigenvalue weighted by atomic mass is 10.1. The van der Waals surface area contributed by atoms with Crippen LogP contribution in [-0.2, 0) is 17.9 Å². The lowest BCUT2D eigenvalue weighted by Crippen LogP contribution is -2.07. The van der Waals surface area contributed by atoms with E-state index in [0.717, 1.165) is 28.2 Å². The smallest absolute Gasteiger partial charge is 0.163 e. The van der Waals surface area contributed by atoms with Crippen LogP contribution in [-0.4, -0.2) is 22.1 Å². The average molecular weight is 352 g/mol. The van der Waals surface area contributed by atoms with E-state index in [0.29, 0.717) is 17.9 Å². The van der Waals surface area contributed by atoms with Crippen LogP contribution in [0.1, 0.15) is 22.4 Å². The molecule has 26 heavy (non-hydrogen) atoms. The first-order chi connectivity index (χ1) is 12.6. The largest absolute Gasteiger partial charge is 0.380 e. The molecule has 2 heterocycles. The summed E-state index contributed by atoms with van der Waals surface area (Å²) < 4.78 is 18.8. The van der Waals surface area contributed by atoms with E-state index >= 15 is 0 Å². The minimum absolute atomic E-state index is 0.246. The van der Waals surface area contributed by atoms with E-state index in [9.17, 15) is 4.39 Å². The van der Waals surface area contributed by atoms with Gasteiger partial charge in [0.15, 0.2) is 5.82 Å². The molecule has 5 nitrogen and oxygen atoms in total. The molecule has 0 amide bonds. The van der Waals surface area contributed by atoms with Gasteiger partial charge in [0, 0.05) is 48.4 Å². The van der Waals surface area contributed by atoms with Gasteiger partial charge in [-0.1, -0.05) is 6.07 Å². The first-order valence-electron chi connectivity index (χ1n) is 8.34. The fraction of sp³-hybridized carbons (Fsp3) is 0.250. The number of aromatic nitrogens is 3. The Bertz CT molecular complexity index is 900. The highest BCUT2D eigenvalue weighted by atomic mass is 19.1. The minimum Gasteiger partial charge on any atom is -0.380 e. The molecule has 0 aliphatic heterocycles. The van der Waals surface area contributed by atoms with Crippen molar-refractivity contribution in [3.8, 4) is 11.4 Å². The molecule has 2 aromatic heterocycles. The van der Waals surface area contributed by atoms with Gasteiger partial charge in [-0.2, -0.15) is 0 Å². The quantitative estimate of drug-likeness (QED) is 0.725. The van der Waals surface area contributed by atoms with Crippen molar-refractivity contribution in [3.05, 3.63) is 70.9 Å². The highest BCUT2D eigenvalue weighted by molar-refractivity contribution is 5.58. The molecule has 0 aliphatic rings. The zero-order valence-corrected chi connectivity index (χ0v) is 15.1. The van der Waals surface area contributed by atoms with E-state index in [1.807, 2.05) is 26.0 Å². The summed E-state index contributed by atoms with van der Waals surface area (Å²) in [6.07, 6.45) is 3.46. The van der Waals surface area contributed by atoms with E-state index in [4.69, 9.17) is 4.74 Å². The molecule has 1 N–H and O–H groups in total. The van der Waals surface area contributed by atoms with Gasteiger partial charge >= 0.3 is 0 Å². The predicted molar refractivity (Wildman–Crippen MR) is 99.2 cm³/mol. The van der Waals surface area contributed by atoms with Crippen LogP contribution in [0.25, 0.3) is 11.4 Å². The number of hydrogen-bond donors (Lipinski definition) is 1. The zero-order valence-electron chi connectivity index (χ0n) is 15.1. The zero-order chi connectivity index (χ0) is 18.5. The number of halogens is 1. The standard InChI is InChI=1S/C20H21FN4O/c1-13-14(2)24-20(16-5-4-8-22-11-16)25-19(13)23-10-15-6-7-18(21)17(9-15)12-26-3/h4-9,11H,10,12H2,1-3H3,(H,23,24,25). The fourth-order valence-corrected chi connectivity index (χ4v) is 2.61. The topological polar surface area (TPSA) is 59.9 Å². The summed E-state index contributed by atoms with van der Waals surface area (Å²) in [6.45, 7) is 4.71. The molecule has 0 aliphatic carbocycles. The highest BCUT2D eigenvalue weighted by Crippen LogP contribution is 2.22. The van der Waals surface area contributed by atoms with Crippen LogP contribution in [0, 0.1) is 19.7 Å². The summed E-state index contributed by atoms with van der Waals surface area (Å²) in [5, 5.41) is 3.33. The van der Waals surface area contributed by atoms with Gasteiger partial charge in [-0.3, -0.25) is 4.98 Å². The molecule has 3 aromatic rings. The van der Waals surface area contributed by atoms with Gasteiger partial charge in [0.1, 0.15) is 11.6 Å². The molecule has 0 atom stereocenters. The molecule has 0 bridgehead atoms. The van der Waals surface area contributed by atoms with Gasteiger partial charge in [-0.05, 0) is 43.7 Å². The number of methoxy groups -OCH3 is 1. The van der Waals surface area contributed by atoms with E-state index < -0.39 is 0 Å². The average Bonchev–Trinajstić information content (AvgIpc) is 2.66. The highest BCUT2D eigenvalue weighted by Gasteiger charge is 2.10. The van der Waals surface area contributed by atoms with Gasteiger partial charge in [-0.25, -0.2) is 14.4 Å². The Morgan fingerprint density at radius 1 is 1.15 bits per heavy atom.